The van der Waals surface area contributed by atoms with Crippen LogP contribution in [0.5, 0.6) is 0 Å². The van der Waals surface area contributed by atoms with Gasteiger partial charge in [0.1, 0.15) is 0 Å². The number of hydrogen-bond donors (Lipinski definition) is 1. The monoisotopic (exact) mass is 332 g/mol. The lowest BCUT2D eigenvalue weighted by Crippen LogP contribution is -2.54. The van der Waals surface area contributed by atoms with E-state index in [1.165, 1.54) is 0 Å². The van der Waals surface area contributed by atoms with Gasteiger partial charge in [0.25, 0.3) is 0 Å². The maximum atomic E-state index is 12.9. The van der Waals surface area contributed by atoms with Gasteiger partial charge in [0.05, 0.1) is 12.0 Å². The fraction of sp³-hybridized carbons (Fsp3) is 0.611. The quantitative estimate of drug-likeness (QED) is 0.845. The van der Waals surface area contributed by atoms with Crippen molar-refractivity contribution in [3.8, 4) is 0 Å². The number of nitrogens with zero attached hydrogens (tertiary/aromatic N) is 3. The van der Waals surface area contributed by atoms with Gasteiger partial charge < -0.3 is 15.5 Å². The van der Waals surface area contributed by atoms with Gasteiger partial charge >= 0.3 is 0 Å². The Kier molecular flexibility index (Phi) is 6.31. The summed E-state index contributed by atoms with van der Waals surface area (Å²) in [7, 11) is 3.57. The molecule has 1 fully saturated rings. The van der Waals surface area contributed by atoms with Gasteiger partial charge in [-0.3, -0.25) is 14.6 Å². The number of amides is 2. The van der Waals surface area contributed by atoms with E-state index in [1.54, 1.807) is 30.1 Å². The maximum Gasteiger partial charge on any atom is 0.236 e. The van der Waals surface area contributed by atoms with Crippen molar-refractivity contribution < 1.29 is 9.59 Å². The minimum Gasteiger partial charge on any atom is -0.348 e. The first-order valence-electron chi connectivity index (χ1n) is 8.58. The number of aromatic nitrogens is 1. The lowest BCUT2D eigenvalue weighted by molar-refractivity contribution is -0.147. The molecule has 1 aliphatic heterocycles. The molecule has 0 spiro atoms. The van der Waals surface area contributed by atoms with Crippen molar-refractivity contribution in [2.24, 2.45) is 11.1 Å². The molecule has 1 aromatic heterocycles. The van der Waals surface area contributed by atoms with Crippen LogP contribution in [0.3, 0.4) is 0 Å². The van der Waals surface area contributed by atoms with Gasteiger partial charge in [-0.2, -0.15) is 0 Å². The van der Waals surface area contributed by atoms with E-state index in [2.05, 4.69) is 4.98 Å². The zero-order valence-corrected chi connectivity index (χ0v) is 14.7. The second kappa shape index (κ2) is 8.24. The molecule has 0 aromatic carbocycles. The van der Waals surface area contributed by atoms with Crippen LogP contribution in [0, 0.1) is 5.41 Å². The molecule has 0 unspecified atom stereocenters. The highest BCUT2D eigenvalue weighted by molar-refractivity contribution is 5.84. The summed E-state index contributed by atoms with van der Waals surface area (Å²) in [6.45, 7) is 1.17. The molecular weight excluding hydrogens is 304 g/mol. The first kappa shape index (κ1) is 18.4. The Hall–Kier alpha value is -1.95. The molecule has 6 heteroatoms. The SMILES string of the molecule is CN(C)C(=O)[C@@]1(CCCc2ccccn2)CCCN(C(=O)CN)C1. The first-order valence-corrected chi connectivity index (χ1v) is 8.58. The third kappa shape index (κ3) is 4.32. The van der Waals surface area contributed by atoms with Crippen LogP contribution in [0.2, 0.25) is 0 Å². The van der Waals surface area contributed by atoms with Crippen LogP contribution in [0.1, 0.15) is 31.4 Å². The molecule has 2 rings (SSSR count). The van der Waals surface area contributed by atoms with Crippen molar-refractivity contribution in [3.05, 3.63) is 30.1 Å². The number of aryl methyl sites for hydroxylation is 1. The highest BCUT2D eigenvalue weighted by atomic mass is 16.2. The van der Waals surface area contributed by atoms with Gasteiger partial charge in [0.15, 0.2) is 0 Å². The van der Waals surface area contributed by atoms with Crippen molar-refractivity contribution in [2.75, 3.05) is 33.7 Å². The second-order valence-corrected chi connectivity index (χ2v) is 6.78. The van der Waals surface area contributed by atoms with Crippen molar-refractivity contribution in [2.45, 2.75) is 32.1 Å². The molecule has 1 aliphatic rings. The molecule has 1 atom stereocenters. The highest BCUT2D eigenvalue weighted by Gasteiger charge is 2.43. The molecule has 1 saturated heterocycles. The topological polar surface area (TPSA) is 79.5 Å². The zero-order chi connectivity index (χ0) is 17.6. The van der Waals surface area contributed by atoms with Crippen LogP contribution in [-0.4, -0.2) is 60.3 Å². The number of nitrogens with two attached hydrogens (primary N) is 1. The molecule has 2 heterocycles. The number of pyridine rings is 1. The average Bonchev–Trinajstić information content (AvgIpc) is 2.61. The van der Waals surface area contributed by atoms with E-state index in [1.807, 2.05) is 18.2 Å². The van der Waals surface area contributed by atoms with E-state index < -0.39 is 5.41 Å². The number of carbonyl (C=O) groups is 2. The predicted octanol–water partition coefficient (Wildman–Crippen LogP) is 1.06. The minimum atomic E-state index is -0.499. The van der Waals surface area contributed by atoms with Crippen molar-refractivity contribution in [1.29, 1.82) is 0 Å². The van der Waals surface area contributed by atoms with Crippen LogP contribution in [0.15, 0.2) is 24.4 Å². The molecule has 1 aromatic rings. The maximum absolute atomic E-state index is 12.9. The van der Waals surface area contributed by atoms with Gasteiger partial charge in [-0.05, 0) is 44.2 Å². The molecule has 0 bridgehead atoms. The summed E-state index contributed by atoms with van der Waals surface area (Å²) in [5.74, 6) is 0.0356. The molecule has 2 N–H and O–H groups in total. The largest absolute Gasteiger partial charge is 0.348 e. The Morgan fingerprint density at radius 3 is 2.79 bits per heavy atom. The van der Waals surface area contributed by atoms with E-state index in [9.17, 15) is 9.59 Å². The van der Waals surface area contributed by atoms with Crippen LogP contribution >= 0.6 is 0 Å². The minimum absolute atomic E-state index is 0.000169. The Balaban J connectivity index is 2.08. The standard InChI is InChI=1S/C18H28N4O2/c1-21(2)17(24)18(9-5-8-15-7-3-4-11-20-15)10-6-12-22(14-18)16(23)13-19/h3-4,7,11H,5-6,8-10,12-14,19H2,1-2H3/t18-/m0/s1. The third-order valence-electron chi connectivity index (χ3n) is 4.78. The van der Waals surface area contributed by atoms with E-state index in [0.717, 1.165) is 37.8 Å². The normalized spacial score (nSPS) is 20.7. The summed E-state index contributed by atoms with van der Waals surface area (Å²) < 4.78 is 0. The molecule has 24 heavy (non-hydrogen) atoms. The van der Waals surface area contributed by atoms with Gasteiger partial charge in [-0.15, -0.1) is 0 Å². The lowest BCUT2D eigenvalue weighted by atomic mass is 9.74. The predicted molar refractivity (Wildman–Crippen MR) is 93.2 cm³/mol. The van der Waals surface area contributed by atoms with E-state index in [4.69, 9.17) is 5.73 Å². The summed E-state index contributed by atoms with van der Waals surface area (Å²) in [4.78, 5) is 32.6. The zero-order valence-electron chi connectivity index (χ0n) is 14.7. The van der Waals surface area contributed by atoms with Crippen molar-refractivity contribution >= 4 is 11.8 Å². The number of likely N-dealkylation sites (tertiary alicyclic amines) is 1. The van der Waals surface area contributed by atoms with E-state index >= 15 is 0 Å². The molecule has 0 radical (unpaired) electrons. The number of hydrogen-bond acceptors (Lipinski definition) is 4. The smallest absolute Gasteiger partial charge is 0.236 e. The molecule has 6 nitrogen and oxygen atoms in total. The van der Waals surface area contributed by atoms with E-state index in [-0.39, 0.29) is 18.4 Å². The Labute approximate surface area is 144 Å². The first-order chi connectivity index (χ1) is 11.5. The van der Waals surface area contributed by atoms with Crippen molar-refractivity contribution in [1.82, 2.24) is 14.8 Å². The average molecular weight is 332 g/mol. The highest BCUT2D eigenvalue weighted by Crippen LogP contribution is 2.36. The van der Waals surface area contributed by atoms with Crippen LogP contribution in [0.25, 0.3) is 0 Å². The number of piperidine rings is 1. The van der Waals surface area contributed by atoms with Crippen molar-refractivity contribution in [3.63, 3.8) is 0 Å². The Bertz CT molecular complexity index is 561. The summed E-state index contributed by atoms with van der Waals surface area (Å²) in [6.07, 6.45) is 5.93. The molecule has 2 amide bonds. The second-order valence-electron chi connectivity index (χ2n) is 6.78. The van der Waals surface area contributed by atoms with Gasteiger partial charge in [-0.25, -0.2) is 0 Å². The molecule has 0 saturated carbocycles. The summed E-state index contributed by atoms with van der Waals surface area (Å²) in [5.41, 5.74) is 6.05. The summed E-state index contributed by atoms with van der Waals surface area (Å²) in [5, 5.41) is 0. The Morgan fingerprint density at radius 2 is 2.17 bits per heavy atom. The van der Waals surface area contributed by atoms with Gasteiger partial charge in [-0.1, -0.05) is 6.07 Å². The van der Waals surface area contributed by atoms with Gasteiger partial charge in [0.2, 0.25) is 11.8 Å². The summed E-state index contributed by atoms with van der Waals surface area (Å²) >= 11 is 0. The molecular formula is C18H28N4O2. The fourth-order valence-corrected chi connectivity index (χ4v) is 3.59. The van der Waals surface area contributed by atoms with E-state index in [0.29, 0.717) is 13.1 Å². The van der Waals surface area contributed by atoms with Gasteiger partial charge in [0, 0.05) is 39.1 Å². The fourth-order valence-electron chi connectivity index (χ4n) is 3.59. The molecule has 0 aliphatic carbocycles. The number of rotatable bonds is 6. The molecule has 132 valence electrons. The number of carbonyl (C=O) groups excluding carboxylic acids is 2. The van der Waals surface area contributed by atoms with Crippen LogP contribution in [0.4, 0.5) is 0 Å². The lowest BCUT2D eigenvalue weighted by Gasteiger charge is -2.43. The van der Waals surface area contributed by atoms with Crippen LogP contribution in [-0.2, 0) is 16.0 Å². The Morgan fingerprint density at radius 1 is 1.38 bits per heavy atom. The van der Waals surface area contributed by atoms with Crippen LogP contribution < -0.4 is 5.73 Å². The third-order valence-corrected chi connectivity index (χ3v) is 4.78. The summed E-state index contributed by atoms with van der Waals surface area (Å²) in [6, 6.07) is 5.88.